The summed E-state index contributed by atoms with van der Waals surface area (Å²) in [6.07, 6.45) is 2.04. The number of halogens is 2. The zero-order chi connectivity index (χ0) is 19.0. The first kappa shape index (κ1) is 17.4. The van der Waals surface area contributed by atoms with Crippen molar-refractivity contribution in [3.8, 4) is 0 Å². The van der Waals surface area contributed by atoms with Gasteiger partial charge in [-0.2, -0.15) is 5.10 Å². The van der Waals surface area contributed by atoms with Crippen LogP contribution < -0.4 is 0 Å². The Morgan fingerprint density at radius 2 is 1.81 bits per heavy atom. The van der Waals surface area contributed by atoms with Crippen molar-refractivity contribution in [1.82, 2.24) is 14.7 Å². The van der Waals surface area contributed by atoms with Gasteiger partial charge in [0.25, 0.3) is 0 Å². The summed E-state index contributed by atoms with van der Waals surface area (Å²) in [5, 5.41) is 4.40. The number of hydrogen-bond donors (Lipinski definition) is 0. The smallest absolute Gasteiger partial charge is 0.227 e. The van der Waals surface area contributed by atoms with Crippen molar-refractivity contribution in [3.63, 3.8) is 0 Å². The molecule has 3 aromatic rings. The van der Waals surface area contributed by atoms with E-state index in [1.165, 1.54) is 24.3 Å². The molecule has 0 radical (unpaired) electrons. The van der Waals surface area contributed by atoms with Gasteiger partial charge < -0.3 is 4.90 Å². The Labute approximate surface area is 156 Å². The first-order valence-electron chi connectivity index (χ1n) is 8.80. The second kappa shape index (κ2) is 6.95. The van der Waals surface area contributed by atoms with Crippen molar-refractivity contribution < 1.29 is 13.6 Å². The number of carbonyl (C=O) groups is 1. The van der Waals surface area contributed by atoms with Gasteiger partial charge in [0.1, 0.15) is 11.6 Å². The Bertz CT molecular complexity index is 995. The van der Waals surface area contributed by atoms with Gasteiger partial charge in [-0.25, -0.2) is 8.78 Å². The summed E-state index contributed by atoms with van der Waals surface area (Å²) in [5.74, 6) is -0.551. The molecular formula is C21H19F2N3O. The van der Waals surface area contributed by atoms with E-state index in [1.807, 2.05) is 11.6 Å². The van der Waals surface area contributed by atoms with Gasteiger partial charge in [0.2, 0.25) is 5.91 Å². The minimum atomic E-state index is -0.293. The molecule has 1 aliphatic rings. The highest BCUT2D eigenvalue weighted by Gasteiger charge is 2.27. The van der Waals surface area contributed by atoms with Crippen molar-refractivity contribution in [2.75, 3.05) is 0 Å². The number of carbonyl (C=O) groups excluding carboxylic acids is 1. The molecule has 0 saturated carbocycles. The van der Waals surface area contributed by atoms with Crippen LogP contribution in [0.1, 0.15) is 27.9 Å². The molecule has 1 aliphatic heterocycles. The average Bonchev–Trinajstić information content (AvgIpc) is 3.21. The minimum absolute atomic E-state index is 0.00856. The number of aromatic nitrogens is 2. The molecule has 0 fully saturated rings. The number of rotatable bonds is 4. The quantitative estimate of drug-likeness (QED) is 0.707. The second-order valence-electron chi connectivity index (χ2n) is 6.90. The zero-order valence-electron chi connectivity index (χ0n) is 15.0. The standard InChI is InChI=1S/C21H19F2N3O/c1-14-8-19(23)7-4-16(14)9-21(27)25-12-17-10-24-26(20(17)13-25)11-15-2-5-18(22)6-3-15/h2-8,10H,9,11-13H2,1H3. The molecule has 0 N–H and O–H groups in total. The van der Waals surface area contributed by atoms with Crippen LogP contribution in [0.3, 0.4) is 0 Å². The molecule has 0 spiro atoms. The third-order valence-corrected chi connectivity index (χ3v) is 4.98. The van der Waals surface area contributed by atoms with Crippen LogP contribution in [0.15, 0.2) is 48.7 Å². The summed E-state index contributed by atoms with van der Waals surface area (Å²) < 4.78 is 28.2. The molecule has 4 rings (SSSR count). The molecule has 2 heterocycles. The Kier molecular flexibility index (Phi) is 4.48. The molecule has 0 unspecified atom stereocenters. The minimum Gasteiger partial charge on any atom is -0.332 e. The normalized spacial score (nSPS) is 13.1. The number of fused-ring (bicyclic) bond motifs is 1. The van der Waals surface area contributed by atoms with Crippen molar-refractivity contribution >= 4 is 5.91 Å². The Hall–Kier alpha value is -3.02. The van der Waals surface area contributed by atoms with Crippen LogP contribution in [0, 0.1) is 18.6 Å². The van der Waals surface area contributed by atoms with E-state index in [0.29, 0.717) is 19.6 Å². The van der Waals surface area contributed by atoms with Crippen molar-refractivity contribution in [2.24, 2.45) is 0 Å². The number of nitrogens with zero attached hydrogens (tertiary/aromatic N) is 3. The molecule has 0 saturated heterocycles. The third kappa shape index (κ3) is 3.60. The fraction of sp³-hybridized carbons (Fsp3) is 0.238. The van der Waals surface area contributed by atoms with Crippen LogP contribution in [0.25, 0.3) is 0 Å². The lowest BCUT2D eigenvalue weighted by Gasteiger charge is -2.17. The molecule has 2 aromatic carbocycles. The van der Waals surface area contributed by atoms with E-state index in [-0.39, 0.29) is 24.0 Å². The molecule has 1 amide bonds. The molecule has 27 heavy (non-hydrogen) atoms. The summed E-state index contributed by atoms with van der Waals surface area (Å²) in [7, 11) is 0. The van der Waals surface area contributed by atoms with Gasteiger partial charge in [-0.05, 0) is 47.9 Å². The summed E-state index contributed by atoms with van der Waals surface area (Å²) >= 11 is 0. The molecule has 0 aliphatic carbocycles. The van der Waals surface area contributed by atoms with E-state index in [4.69, 9.17) is 0 Å². The Morgan fingerprint density at radius 3 is 2.56 bits per heavy atom. The van der Waals surface area contributed by atoms with E-state index in [0.717, 1.165) is 27.9 Å². The van der Waals surface area contributed by atoms with E-state index in [9.17, 15) is 13.6 Å². The van der Waals surface area contributed by atoms with Gasteiger partial charge in [0.15, 0.2) is 0 Å². The number of benzene rings is 2. The molecule has 6 heteroatoms. The van der Waals surface area contributed by atoms with E-state index < -0.39 is 0 Å². The molecule has 0 bridgehead atoms. The van der Waals surface area contributed by atoms with Gasteiger partial charge in [0.05, 0.1) is 31.4 Å². The van der Waals surface area contributed by atoms with Gasteiger partial charge in [-0.3, -0.25) is 9.48 Å². The van der Waals surface area contributed by atoms with Gasteiger partial charge in [-0.1, -0.05) is 18.2 Å². The highest BCUT2D eigenvalue weighted by Crippen LogP contribution is 2.24. The van der Waals surface area contributed by atoms with E-state index in [2.05, 4.69) is 5.10 Å². The molecular weight excluding hydrogens is 348 g/mol. The van der Waals surface area contributed by atoms with Crippen LogP contribution in [-0.4, -0.2) is 20.6 Å². The lowest BCUT2D eigenvalue weighted by atomic mass is 10.1. The highest BCUT2D eigenvalue weighted by molar-refractivity contribution is 5.79. The Balaban J connectivity index is 1.45. The number of hydrogen-bond acceptors (Lipinski definition) is 2. The maximum atomic E-state index is 13.2. The summed E-state index contributed by atoms with van der Waals surface area (Å²) in [4.78, 5) is 14.5. The highest BCUT2D eigenvalue weighted by atomic mass is 19.1. The van der Waals surface area contributed by atoms with Crippen LogP contribution in [-0.2, 0) is 30.8 Å². The maximum Gasteiger partial charge on any atom is 0.227 e. The first-order chi connectivity index (χ1) is 13.0. The molecule has 4 nitrogen and oxygen atoms in total. The SMILES string of the molecule is Cc1cc(F)ccc1CC(=O)N1Cc2cnn(Cc3ccc(F)cc3)c2C1. The van der Waals surface area contributed by atoms with Crippen LogP contribution in [0.4, 0.5) is 8.78 Å². The first-order valence-corrected chi connectivity index (χ1v) is 8.80. The van der Waals surface area contributed by atoms with Crippen molar-refractivity contribution in [1.29, 1.82) is 0 Å². The largest absolute Gasteiger partial charge is 0.332 e. The van der Waals surface area contributed by atoms with E-state index in [1.54, 1.807) is 29.3 Å². The fourth-order valence-corrected chi connectivity index (χ4v) is 3.41. The molecule has 1 aromatic heterocycles. The fourth-order valence-electron chi connectivity index (χ4n) is 3.41. The number of amides is 1. The summed E-state index contributed by atoms with van der Waals surface area (Å²) in [6, 6.07) is 10.8. The van der Waals surface area contributed by atoms with Crippen molar-refractivity contribution in [2.45, 2.75) is 33.0 Å². The predicted molar refractivity (Wildman–Crippen MR) is 96.8 cm³/mol. The van der Waals surface area contributed by atoms with Gasteiger partial charge in [-0.15, -0.1) is 0 Å². The number of aryl methyl sites for hydroxylation is 1. The Morgan fingerprint density at radius 1 is 1.07 bits per heavy atom. The average molecular weight is 367 g/mol. The summed E-state index contributed by atoms with van der Waals surface area (Å²) in [6.45, 7) is 3.37. The molecule has 0 atom stereocenters. The second-order valence-corrected chi connectivity index (χ2v) is 6.90. The van der Waals surface area contributed by atoms with E-state index >= 15 is 0 Å². The topological polar surface area (TPSA) is 38.1 Å². The maximum absolute atomic E-state index is 13.2. The molecule has 138 valence electrons. The van der Waals surface area contributed by atoms with Gasteiger partial charge >= 0.3 is 0 Å². The van der Waals surface area contributed by atoms with Crippen LogP contribution in [0.5, 0.6) is 0 Å². The monoisotopic (exact) mass is 367 g/mol. The predicted octanol–water partition coefficient (Wildman–Crippen LogP) is 3.60. The summed E-state index contributed by atoms with van der Waals surface area (Å²) in [5.41, 5.74) is 4.60. The van der Waals surface area contributed by atoms with Crippen molar-refractivity contribution in [3.05, 3.63) is 88.2 Å². The van der Waals surface area contributed by atoms with Gasteiger partial charge in [0, 0.05) is 12.1 Å². The lowest BCUT2D eigenvalue weighted by molar-refractivity contribution is -0.131. The van der Waals surface area contributed by atoms with Crippen LogP contribution in [0.2, 0.25) is 0 Å². The van der Waals surface area contributed by atoms with Crippen LogP contribution >= 0.6 is 0 Å². The third-order valence-electron chi connectivity index (χ3n) is 4.98. The lowest BCUT2D eigenvalue weighted by Crippen LogP contribution is -2.28. The zero-order valence-corrected chi connectivity index (χ0v) is 15.0.